The molecule has 1 saturated heterocycles. The van der Waals surface area contributed by atoms with Crippen LogP contribution in [0.25, 0.3) is 0 Å². The van der Waals surface area contributed by atoms with E-state index >= 15 is 0 Å². The normalized spacial score (nSPS) is 24.1. The number of hydrogen-bond donors (Lipinski definition) is 1. The van der Waals surface area contributed by atoms with Gasteiger partial charge in [-0.3, -0.25) is 4.90 Å². The number of nitrogens with zero attached hydrogens (tertiary/aromatic N) is 5. The molecule has 6 nitrogen and oxygen atoms in total. The summed E-state index contributed by atoms with van der Waals surface area (Å²) in [6.45, 7) is 4.72. The van der Waals surface area contributed by atoms with E-state index in [0.717, 1.165) is 45.1 Å². The summed E-state index contributed by atoms with van der Waals surface area (Å²) in [4.78, 5) is 14.8. The Hall–Kier alpha value is -2.83. The first-order valence-electron chi connectivity index (χ1n) is 11.2. The monoisotopic (exact) mass is 416 g/mol. The van der Waals surface area contributed by atoms with Crippen molar-refractivity contribution in [2.24, 2.45) is 4.99 Å². The first-order chi connectivity index (χ1) is 15.2. The van der Waals surface area contributed by atoms with Crippen LogP contribution in [-0.4, -0.2) is 78.2 Å². The lowest BCUT2D eigenvalue weighted by Gasteiger charge is -2.41. The van der Waals surface area contributed by atoms with E-state index in [-0.39, 0.29) is 6.29 Å². The molecule has 1 N–H and O–H groups in total. The summed E-state index contributed by atoms with van der Waals surface area (Å²) in [6, 6.07) is 22.0. The van der Waals surface area contributed by atoms with Gasteiger partial charge in [-0.2, -0.15) is 0 Å². The molecule has 6 heteroatoms. The van der Waals surface area contributed by atoms with Crippen molar-refractivity contribution in [1.82, 2.24) is 24.9 Å². The average Bonchev–Trinajstić information content (AvgIpc) is 3.14. The quantitative estimate of drug-likeness (QED) is 0.810. The molecule has 162 valence electrons. The van der Waals surface area contributed by atoms with Gasteiger partial charge in [-0.15, -0.1) is 0 Å². The molecule has 0 saturated carbocycles. The van der Waals surface area contributed by atoms with Gasteiger partial charge in [0.05, 0.1) is 12.4 Å². The van der Waals surface area contributed by atoms with E-state index in [0.29, 0.717) is 6.04 Å². The van der Waals surface area contributed by atoms with Gasteiger partial charge in [0.15, 0.2) is 12.1 Å². The minimum Gasteiger partial charge on any atom is -0.361 e. The highest BCUT2D eigenvalue weighted by atomic mass is 15.5. The molecule has 2 aromatic carbocycles. The maximum absolute atomic E-state index is 5.24. The van der Waals surface area contributed by atoms with E-state index in [4.69, 9.17) is 4.99 Å². The van der Waals surface area contributed by atoms with E-state index in [1.54, 1.807) is 0 Å². The Morgan fingerprint density at radius 2 is 1.68 bits per heavy atom. The highest BCUT2D eigenvalue weighted by molar-refractivity contribution is 5.99. The number of fused-ring (bicyclic) bond motifs is 1. The molecule has 3 heterocycles. The molecule has 0 spiro atoms. The number of nitrogens with one attached hydrogen (secondary N) is 1. The van der Waals surface area contributed by atoms with Gasteiger partial charge in [0, 0.05) is 52.5 Å². The number of piperazine rings is 1. The fourth-order valence-electron chi connectivity index (χ4n) is 4.90. The second kappa shape index (κ2) is 8.73. The minimum absolute atomic E-state index is 0.0378. The van der Waals surface area contributed by atoms with Gasteiger partial charge < -0.3 is 20.0 Å². The Labute approximate surface area is 185 Å². The molecule has 3 aliphatic heterocycles. The van der Waals surface area contributed by atoms with Crippen molar-refractivity contribution in [3.63, 3.8) is 0 Å². The zero-order chi connectivity index (χ0) is 21.2. The molecule has 2 aromatic rings. The molecule has 0 amide bonds. The number of rotatable bonds is 5. The molecule has 1 fully saturated rings. The van der Waals surface area contributed by atoms with Crippen molar-refractivity contribution in [3.05, 3.63) is 83.7 Å². The van der Waals surface area contributed by atoms with Crippen LogP contribution in [0.15, 0.2) is 77.6 Å². The van der Waals surface area contributed by atoms with E-state index in [9.17, 15) is 0 Å². The standard InChI is InChI=1S/C25H32N6/c1-28-18-23-24(29(2)19-28)27-25(31(23)16-21-11-7-4-8-12-21)30-14-13-26-22(17-30)15-20-9-5-3-6-10-20/h3-12,18,22,25-26H,13-17,19H2,1-2H3/t22?,25-/m1/s1. The van der Waals surface area contributed by atoms with Crippen molar-refractivity contribution < 1.29 is 0 Å². The molecule has 0 bridgehead atoms. The molecular formula is C25H32N6. The summed E-state index contributed by atoms with van der Waals surface area (Å²) in [5.41, 5.74) is 3.93. The Kier molecular flexibility index (Phi) is 5.66. The van der Waals surface area contributed by atoms with Gasteiger partial charge in [0.1, 0.15) is 0 Å². The average molecular weight is 417 g/mol. The lowest BCUT2D eigenvalue weighted by atomic mass is 10.0. The molecule has 0 radical (unpaired) electrons. The topological polar surface area (TPSA) is 37.4 Å². The second-order valence-corrected chi connectivity index (χ2v) is 8.86. The van der Waals surface area contributed by atoms with Gasteiger partial charge in [0.25, 0.3) is 0 Å². The van der Waals surface area contributed by atoms with Crippen molar-refractivity contribution in [2.75, 3.05) is 40.4 Å². The first kappa shape index (κ1) is 20.1. The Bertz CT molecular complexity index is 941. The Balaban J connectivity index is 1.39. The van der Waals surface area contributed by atoms with Crippen LogP contribution in [0.4, 0.5) is 0 Å². The summed E-state index contributed by atoms with van der Waals surface area (Å²) < 4.78 is 0. The molecule has 0 aliphatic carbocycles. The van der Waals surface area contributed by atoms with Gasteiger partial charge in [-0.1, -0.05) is 60.7 Å². The zero-order valence-corrected chi connectivity index (χ0v) is 18.5. The number of aliphatic imine (C=N–C) groups is 1. The number of benzene rings is 2. The van der Waals surface area contributed by atoms with Gasteiger partial charge in [0.2, 0.25) is 0 Å². The molecule has 31 heavy (non-hydrogen) atoms. The van der Waals surface area contributed by atoms with Crippen LogP contribution in [0, 0.1) is 0 Å². The maximum atomic E-state index is 5.24. The highest BCUT2D eigenvalue weighted by Crippen LogP contribution is 2.30. The number of likely N-dealkylation sites (N-methyl/N-ethyl adjacent to an activating group) is 1. The summed E-state index contributed by atoms with van der Waals surface area (Å²) in [5.74, 6) is 1.11. The van der Waals surface area contributed by atoms with E-state index in [1.807, 2.05) is 0 Å². The van der Waals surface area contributed by atoms with Gasteiger partial charge in [-0.05, 0) is 17.5 Å². The molecule has 2 atom stereocenters. The maximum Gasteiger partial charge on any atom is 0.181 e. The predicted molar refractivity (Wildman–Crippen MR) is 125 cm³/mol. The molecule has 0 aromatic heterocycles. The molecular weight excluding hydrogens is 384 g/mol. The largest absolute Gasteiger partial charge is 0.361 e. The number of hydrogen-bond acceptors (Lipinski definition) is 6. The van der Waals surface area contributed by atoms with Crippen LogP contribution in [-0.2, 0) is 13.0 Å². The third-order valence-corrected chi connectivity index (χ3v) is 6.33. The third kappa shape index (κ3) is 4.31. The van der Waals surface area contributed by atoms with Crippen LogP contribution in [0.1, 0.15) is 11.1 Å². The second-order valence-electron chi connectivity index (χ2n) is 8.86. The lowest BCUT2D eigenvalue weighted by Crippen LogP contribution is -2.57. The minimum atomic E-state index is 0.0378. The van der Waals surface area contributed by atoms with Gasteiger partial charge >= 0.3 is 0 Å². The predicted octanol–water partition coefficient (Wildman–Crippen LogP) is 2.38. The highest BCUT2D eigenvalue weighted by Gasteiger charge is 2.39. The zero-order valence-electron chi connectivity index (χ0n) is 18.5. The smallest absolute Gasteiger partial charge is 0.181 e. The molecule has 3 aliphatic rings. The van der Waals surface area contributed by atoms with Gasteiger partial charge in [-0.25, -0.2) is 4.99 Å². The van der Waals surface area contributed by atoms with E-state index < -0.39 is 0 Å². The summed E-state index contributed by atoms with van der Waals surface area (Å²) in [6.07, 6.45) is 3.34. The van der Waals surface area contributed by atoms with Crippen molar-refractivity contribution in [2.45, 2.75) is 25.3 Å². The van der Waals surface area contributed by atoms with E-state index in [1.165, 1.54) is 16.8 Å². The van der Waals surface area contributed by atoms with Crippen LogP contribution >= 0.6 is 0 Å². The van der Waals surface area contributed by atoms with Crippen molar-refractivity contribution >= 4 is 5.84 Å². The van der Waals surface area contributed by atoms with Crippen LogP contribution in [0.2, 0.25) is 0 Å². The fraction of sp³-hybridized carbons (Fsp3) is 0.400. The molecule has 1 unspecified atom stereocenters. The summed E-state index contributed by atoms with van der Waals surface area (Å²) in [5, 5.41) is 3.72. The number of amidine groups is 1. The summed E-state index contributed by atoms with van der Waals surface area (Å²) in [7, 11) is 4.27. The van der Waals surface area contributed by atoms with Crippen LogP contribution in [0.3, 0.4) is 0 Å². The Morgan fingerprint density at radius 1 is 0.968 bits per heavy atom. The van der Waals surface area contributed by atoms with Crippen LogP contribution < -0.4 is 5.32 Å². The first-order valence-corrected chi connectivity index (χ1v) is 11.2. The fourth-order valence-corrected chi connectivity index (χ4v) is 4.90. The van der Waals surface area contributed by atoms with E-state index in [2.05, 4.69) is 106 Å². The summed E-state index contributed by atoms with van der Waals surface area (Å²) >= 11 is 0. The van der Waals surface area contributed by atoms with Crippen molar-refractivity contribution in [1.29, 1.82) is 0 Å². The van der Waals surface area contributed by atoms with Crippen LogP contribution in [0.5, 0.6) is 0 Å². The third-order valence-electron chi connectivity index (χ3n) is 6.33. The Morgan fingerprint density at radius 3 is 2.42 bits per heavy atom. The SMILES string of the molecule is CN1C=C2C(=N[C@H](N3CCNC(Cc4ccccc4)C3)N2Cc2ccccc2)N(C)C1. The van der Waals surface area contributed by atoms with Crippen molar-refractivity contribution in [3.8, 4) is 0 Å². The molecule has 5 rings (SSSR count). The lowest BCUT2D eigenvalue weighted by molar-refractivity contribution is 0.0552.